The van der Waals surface area contributed by atoms with Gasteiger partial charge >= 0.3 is 10.1 Å². The summed E-state index contributed by atoms with van der Waals surface area (Å²) >= 11 is 0. The highest BCUT2D eigenvalue weighted by Crippen LogP contribution is 2.38. The van der Waals surface area contributed by atoms with Gasteiger partial charge < -0.3 is 18.6 Å². The van der Waals surface area contributed by atoms with E-state index < -0.39 is 10.1 Å². The molecule has 1 amide bonds. The van der Waals surface area contributed by atoms with E-state index in [0.29, 0.717) is 42.5 Å². The minimum Gasteiger partial charge on any atom is -0.486 e. The Morgan fingerprint density at radius 1 is 1.20 bits per heavy atom. The first kappa shape index (κ1) is 16.3. The van der Waals surface area contributed by atoms with Gasteiger partial charge in [0.2, 0.25) is 0 Å². The lowest BCUT2D eigenvalue weighted by molar-refractivity contribution is 0.0670. The number of hydrogen-bond donors (Lipinski definition) is 0. The van der Waals surface area contributed by atoms with E-state index in [9.17, 15) is 13.2 Å². The largest absolute Gasteiger partial charge is 0.486 e. The van der Waals surface area contributed by atoms with Crippen molar-refractivity contribution in [3.05, 3.63) is 35.6 Å². The highest BCUT2D eigenvalue weighted by molar-refractivity contribution is 7.86. The molecule has 25 heavy (non-hydrogen) atoms. The highest BCUT2D eigenvalue weighted by Gasteiger charge is 2.41. The summed E-state index contributed by atoms with van der Waals surface area (Å²) in [5, 5.41) is 0. The number of carbonyl (C=O) groups excluding carboxylic acids is 1. The van der Waals surface area contributed by atoms with Gasteiger partial charge in [-0.25, -0.2) is 0 Å². The van der Waals surface area contributed by atoms with E-state index in [1.165, 1.54) is 0 Å². The molecule has 1 saturated heterocycles. The molecule has 2 unspecified atom stereocenters. The summed E-state index contributed by atoms with van der Waals surface area (Å²) in [5.41, 5.74) is 0.544. The Morgan fingerprint density at radius 2 is 1.96 bits per heavy atom. The zero-order chi connectivity index (χ0) is 17.6. The van der Waals surface area contributed by atoms with Crippen LogP contribution in [-0.2, 0) is 14.3 Å². The number of amides is 1. The van der Waals surface area contributed by atoms with Gasteiger partial charge in [-0.3, -0.25) is 4.79 Å². The minimum atomic E-state index is -3.55. The number of benzene rings is 1. The number of rotatable bonds is 3. The average Bonchev–Trinajstić information content (AvgIpc) is 2.83. The molecule has 0 radical (unpaired) electrons. The molecule has 3 aliphatic rings. The van der Waals surface area contributed by atoms with Crippen LogP contribution in [0.15, 0.2) is 30.0 Å². The van der Waals surface area contributed by atoms with Gasteiger partial charge in [0.05, 0.1) is 12.3 Å². The highest BCUT2D eigenvalue weighted by atomic mass is 32.2. The maximum absolute atomic E-state index is 13.0. The summed E-state index contributed by atoms with van der Waals surface area (Å²) in [7, 11) is -3.55. The Balaban J connectivity index is 1.57. The second kappa shape index (κ2) is 5.94. The van der Waals surface area contributed by atoms with Gasteiger partial charge in [-0.2, -0.15) is 8.42 Å². The van der Waals surface area contributed by atoms with Crippen LogP contribution in [0.1, 0.15) is 29.6 Å². The van der Waals surface area contributed by atoms with Crippen molar-refractivity contribution in [1.82, 2.24) is 4.90 Å². The summed E-state index contributed by atoms with van der Waals surface area (Å²) in [5.74, 6) is 1.58. The van der Waals surface area contributed by atoms with Crippen LogP contribution in [0.4, 0.5) is 0 Å². The molecule has 0 aliphatic carbocycles. The first-order valence-electron chi connectivity index (χ1n) is 8.23. The fraction of sp³-hybridized carbons (Fsp3) is 0.471. The summed E-state index contributed by atoms with van der Waals surface area (Å²) in [6.07, 6.45) is 4.83. The van der Waals surface area contributed by atoms with Crippen LogP contribution >= 0.6 is 0 Å². The van der Waals surface area contributed by atoms with Crippen LogP contribution in [0.2, 0.25) is 0 Å². The molecule has 3 heterocycles. The number of carbonyl (C=O) groups is 1. The Bertz CT molecular complexity index is 847. The van der Waals surface area contributed by atoms with Crippen LogP contribution in [0.25, 0.3) is 0 Å². The van der Waals surface area contributed by atoms with E-state index in [4.69, 9.17) is 13.7 Å². The molecule has 7 nitrogen and oxygen atoms in total. The van der Waals surface area contributed by atoms with Crippen LogP contribution in [-0.4, -0.2) is 50.8 Å². The molecule has 8 heteroatoms. The third-order valence-corrected chi connectivity index (χ3v) is 5.16. The number of fused-ring (bicyclic) bond motifs is 3. The standard InChI is InChI=1S/C17H19NO6S/c1-25(20,21)24-14-9-12-3-4-13(10-14)18(12)17(19)11-2-5-15-16(8-11)23-7-6-22-15/h2,5,8-9,12-13H,3-4,6-7,10H2,1H3. The van der Waals surface area contributed by atoms with Crippen LogP contribution in [0.3, 0.4) is 0 Å². The fourth-order valence-electron chi connectivity index (χ4n) is 3.69. The lowest BCUT2D eigenvalue weighted by Gasteiger charge is -2.33. The van der Waals surface area contributed by atoms with Crippen molar-refractivity contribution in [3.63, 3.8) is 0 Å². The minimum absolute atomic E-state index is 0.0487. The molecule has 3 aliphatic heterocycles. The van der Waals surface area contributed by atoms with Gasteiger partial charge in [0.25, 0.3) is 5.91 Å². The molecule has 134 valence electrons. The van der Waals surface area contributed by atoms with Crippen molar-refractivity contribution in [3.8, 4) is 11.5 Å². The second-order valence-electron chi connectivity index (χ2n) is 6.49. The summed E-state index contributed by atoms with van der Waals surface area (Å²) in [6, 6.07) is 5.01. The SMILES string of the molecule is CS(=O)(=O)OC1=CC2CCC(C1)N2C(=O)c1ccc2c(c1)OCCO2. The van der Waals surface area contributed by atoms with E-state index in [1.807, 2.05) is 4.90 Å². The Hall–Kier alpha value is -2.22. The van der Waals surface area contributed by atoms with Gasteiger partial charge in [-0.1, -0.05) is 0 Å². The molecule has 1 aromatic carbocycles. The van der Waals surface area contributed by atoms with Crippen molar-refractivity contribution in [2.45, 2.75) is 31.3 Å². The fourth-order valence-corrected chi connectivity index (χ4v) is 4.20. The Labute approximate surface area is 146 Å². The van der Waals surface area contributed by atoms with Gasteiger partial charge in [0.15, 0.2) is 11.5 Å². The van der Waals surface area contributed by atoms with Crippen molar-refractivity contribution in [2.24, 2.45) is 0 Å². The topological polar surface area (TPSA) is 82.1 Å². The van der Waals surface area contributed by atoms with Gasteiger partial charge in [-0.15, -0.1) is 0 Å². The van der Waals surface area contributed by atoms with E-state index in [0.717, 1.165) is 19.1 Å². The molecule has 1 aromatic rings. The molecule has 0 N–H and O–H groups in total. The maximum Gasteiger partial charge on any atom is 0.305 e. The van der Waals surface area contributed by atoms with Crippen LogP contribution < -0.4 is 9.47 Å². The van der Waals surface area contributed by atoms with E-state index in [-0.39, 0.29) is 18.0 Å². The van der Waals surface area contributed by atoms with E-state index in [2.05, 4.69) is 0 Å². The second-order valence-corrected chi connectivity index (χ2v) is 8.07. The Kier molecular flexibility index (Phi) is 3.87. The predicted molar refractivity (Wildman–Crippen MR) is 89.0 cm³/mol. The van der Waals surface area contributed by atoms with Crippen molar-refractivity contribution >= 4 is 16.0 Å². The molecule has 4 rings (SSSR count). The van der Waals surface area contributed by atoms with Crippen molar-refractivity contribution < 1.29 is 26.9 Å². The molecule has 0 saturated carbocycles. The van der Waals surface area contributed by atoms with E-state index >= 15 is 0 Å². The summed E-state index contributed by atoms with van der Waals surface area (Å²) in [4.78, 5) is 14.8. The van der Waals surface area contributed by atoms with Gasteiger partial charge in [0.1, 0.15) is 19.0 Å². The molecular weight excluding hydrogens is 346 g/mol. The monoisotopic (exact) mass is 365 g/mol. The zero-order valence-corrected chi connectivity index (χ0v) is 14.6. The quantitative estimate of drug-likeness (QED) is 0.758. The molecule has 0 aromatic heterocycles. The van der Waals surface area contributed by atoms with Crippen molar-refractivity contribution in [1.29, 1.82) is 0 Å². The molecular formula is C17H19NO6S. The van der Waals surface area contributed by atoms with Crippen molar-refractivity contribution in [2.75, 3.05) is 19.5 Å². The van der Waals surface area contributed by atoms with Crippen LogP contribution in [0.5, 0.6) is 11.5 Å². The van der Waals surface area contributed by atoms with Gasteiger partial charge in [0, 0.05) is 18.0 Å². The van der Waals surface area contributed by atoms with Crippen LogP contribution in [0, 0.1) is 0 Å². The molecule has 2 bridgehead atoms. The number of hydrogen-bond acceptors (Lipinski definition) is 6. The first-order valence-corrected chi connectivity index (χ1v) is 10.0. The molecule has 0 spiro atoms. The lowest BCUT2D eigenvalue weighted by atomic mass is 10.1. The first-order chi connectivity index (χ1) is 11.9. The summed E-state index contributed by atoms with van der Waals surface area (Å²) in [6.45, 7) is 0.971. The van der Waals surface area contributed by atoms with Gasteiger partial charge in [-0.05, 0) is 37.1 Å². The third kappa shape index (κ3) is 3.18. The predicted octanol–water partition coefficient (Wildman–Crippen LogP) is 1.69. The lowest BCUT2D eigenvalue weighted by Crippen LogP contribution is -2.43. The smallest absolute Gasteiger partial charge is 0.305 e. The molecule has 1 fully saturated rings. The normalized spacial score (nSPS) is 24.7. The summed E-state index contributed by atoms with van der Waals surface area (Å²) < 4.78 is 38.7. The maximum atomic E-state index is 13.0. The molecule has 2 atom stereocenters. The Morgan fingerprint density at radius 3 is 2.68 bits per heavy atom. The average molecular weight is 365 g/mol. The third-order valence-electron chi connectivity index (χ3n) is 4.64. The number of nitrogens with zero attached hydrogens (tertiary/aromatic N) is 1. The van der Waals surface area contributed by atoms with E-state index in [1.54, 1.807) is 24.3 Å². The number of ether oxygens (including phenoxy) is 2. The zero-order valence-electron chi connectivity index (χ0n) is 13.8.